The van der Waals surface area contributed by atoms with Crippen LogP contribution in [0.4, 0.5) is 5.69 Å². The highest BCUT2D eigenvalue weighted by molar-refractivity contribution is 5.48. The molecule has 0 amide bonds. The number of nitrogens with two attached hydrogens (primary N) is 1. The molecule has 17 heavy (non-hydrogen) atoms. The minimum atomic E-state index is 0.935. The first-order valence-electron chi connectivity index (χ1n) is 6.41. The third kappa shape index (κ3) is 3.45. The summed E-state index contributed by atoms with van der Waals surface area (Å²) in [7, 11) is 2.19. The van der Waals surface area contributed by atoms with E-state index in [0.29, 0.717) is 0 Å². The predicted molar refractivity (Wildman–Crippen MR) is 73.2 cm³/mol. The van der Waals surface area contributed by atoms with Gasteiger partial charge in [0.2, 0.25) is 0 Å². The molecule has 0 unspecified atom stereocenters. The van der Waals surface area contributed by atoms with Gasteiger partial charge in [-0.3, -0.25) is 0 Å². The summed E-state index contributed by atoms with van der Waals surface area (Å²) < 4.78 is 0. The van der Waals surface area contributed by atoms with Crippen molar-refractivity contribution in [3.05, 3.63) is 29.3 Å². The Kier molecular flexibility index (Phi) is 4.02. The van der Waals surface area contributed by atoms with Crippen molar-refractivity contribution in [2.24, 2.45) is 0 Å². The Bertz CT molecular complexity index is 368. The Morgan fingerprint density at radius 1 is 1.18 bits per heavy atom. The maximum atomic E-state index is 6.00. The first-order valence-corrected chi connectivity index (χ1v) is 6.41. The van der Waals surface area contributed by atoms with Gasteiger partial charge in [-0.15, -0.1) is 0 Å². The molecule has 1 aromatic carbocycles. The zero-order valence-corrected chi connectivity index (χ0v) is 10.9. The van der Waals surface area contributed by atoms with Crippen LogP contribution in [0.2, 0.25) is 0 Å². The van der Waals surface area contributed by atoms with Gasteiger partial charge in [0.25, 0.3) is 0 Å². The Morgan fingerprint density at radius 2 is 1.88 bits per heavy atom. The van der Waals surface area contributed by atoms with Crippen molar-refractivity contribution in [1.29, 1.82) is 0 Å². The number of aryl methyl sites for hydroxylation is 1. The summed E-state index contributed by atoms with van der Waals surface area (Å²) in [6.45, 7) is 7.98. The topological polar surface area (TPSA) is 32.5 Å². The number of nitrogen functional groups attached to an aromatic ring is 1. The minimum absolute atomic E-state index is 0.935. The molecule has 1 fully saturated rings. The molecule has 94 valence electrons. The van der Waals surface area contributed by atoms with E-state index in [-0.39, 0.29) is 0 Å². The average Bonchev–Trinajstić information content (AvgIpc) is 2.32. The Labute approximate surface area is 104 Å². The summed E-state index contributed by atoms with van der Waals surface area (Å²) in [5, 5.41) is 0. The van der Waals surface area contributed by atoms with Crippen LogP contribution in [0.1, 0.15) is 11.1 Å². The van der Waals surface area contributed by atoms with E-state index < -0.39 is 0 Å². The van der Waals surface area contributed by atoms with Crippen LogP contribution in [0.15, 0.2) is 18.2 Å². The lowest BCUT2D eigenvalue weighted by molar-refractivity contribution is 0.155. The molecule has 0 radical (unpaired) electrons. The Balaban J connectivity index is 1.87. The van der Waals surface area contributed by atoms with Crippen LogP contribution in [0.3, 0.4) is 0 Å². The molecule has 0 saturated carbocycles. The molecule has 1 heterocycles. The number of piperazine rings is 1. The first-order chi connectivity index (χ1) is 8.15. The van der Waals surface area contributed by atoms with E-state index in [1.165, 1.54) is 37.3 Å². The van der Waals surface area contributed by atoms with Crippen LogP contribution in [0.25, 0.3) is 0 Å². The van der Waals surface area contributed by atoms with E-state index in [0.717, 1.165) is 18.7 Å². The molecule has 2 rings (SSSR count). The van der Waals surface area contributed by atoms with Crippen molar-refractivity contribution in [1.82, 2.24) is 9.80 Å². The van der Waals surface area contributed by atoms with Gasteiger partial charge in [-0.05, 0) is 32.0 Å². The van der Waals surface area contributed by atoms with Crippen LogP contribution in [0.5, 0.6) is 0 Å². The Hall–Kier alpha value is -1.06. The molecule has 0 aromatic heterocycles. The van der Waals surface area contributed by atoms with Gasteiger partial charge in [0.1, 0.15) is 0 Å². The van der Waals surface area contributed by atoms with E-state index in [9.17, 15) is 0 Å². The fourth-order valence-corrected chi connectivity index (χ4v) is 2.30. The maximum absolute atomic E-state index is 6.00. The van der Waals surface area contributed by atoms with Gasteiger partial charge in [-0.25, -0.2) is 0 Å². The number of anilines is 1. The molecule has 0 spiro atoms. The molecule has 1 aliphatic rings. The lowest BCUT2D eigenvalue weighted by atomic mass is 10.1. The van der Waals surface area contributed by atoms with Crippen LogP contribution < -0.4 is 5.73 Å². The summed E-state index contributed by atoms with van der Waals surface area (Å²) in [6, 6.07) is 6.31. The molecule has 2 N–H and O–H groups in total. The quantitative estimate of drug-likeness (QED) is 0.800. The standard InChI is InChI=1S/C14H23N3/c1-12-3-4-14(15)13(11-12)5-6-17-9-7-16(2)8-10-17/h3-4,11H,5-10,15H2,1-2H3. The van der Waals surface area contributed by atoms with Crippen LogP contribution in [-0.2, 0) is 6.42 Å². The zero-order valence-electron chi connectivity index (χ0n) is 10.9. The highest BCUT2D eigenvalue weighted by Gasteiger charge is 2.13. The maximum Gasteiger partial charge on any atom is 0.0347 e. The lowest BCUT2D eigenvalue weighted by Gasteiger charge is -2.32. The number of likely N-dealkylation sites (N-methyl/N-ethyl adjacent to an activating group) is 1. The monoisotopic (exact) mass is 233 g/mol. The SMILES string of the molecule is Cc1ccc(N)c(CCN2CCN(C)CC2)c1. The highest BCUT2D eigenvalue weighted by Crippen LogP contribution is 2.15. The fourth-order valence-electron chi connectivity index (χ4n) is 2.30. The average molecular weight is 233 g/mol. The van der Waals surface area contributed by atoms with Crippen molar-refractivity contribution in [3.63, 3.8) is 0 Å². The smallest absolute Gasteiger partial charge is 0.0347 e. The van der Waals surface area contributed by atoms with E-state index in [1.54, 1.807) is 0 Å². The number of nitrogens with zero attached hydrogens (tertiary/aromatic N) is 2. The van der Waals surface area contributed by atoms with Gasteiger partial charge in [0.15, 0.2) is 0 Å². The lowest BCUT2D eigenvalue weighted by Crippen LogP contribution is -2.45. The van der Waals surface area contributed by atoms with Crippen LogP contribution in [-0.4, -0.2) is 49.6 Å². The molecule has 3 nitrogen and oxygen atoms in total. The normalized spacial score (nSPS) is 18.5. The number of rotatable bonds is 3. The van der Waals surface area contributed by atoms with Crippen molar-refractivity contribution in [2.45, 2.75) is 13.3 Å². The van der Waals surface area contributed by atoms with Crippen molar-refractivity contribution < 1.29 is 0 Å². The molecule has 0 aliphatic carbocycles. The number of hydrogen-bond donors (Lipinski definition) is 1. The zero-order chi connectivity index (χ0) is 12.3. The van der Waals surface area contributed by atoms with Gasteiger partial charge in [0.05, 0.1) is 0 Å². The van der Waals surface area contributed by atoms with Gasteiger partial charge in [-0.2, -0.15) is 0 Å². The summed E-state index contributed by atoms with van der Waals surface area (Å²) in [5.74, 6) is 0. The van der Waals surface area contributed by atoms with Gasteiger partial charge in [-0.1, -0.05) is 17.7 Å². The number of benzene rings is 1. The molecule has 1 saturated heterocycles. The first kappa shape index (κ1) is 12.4. The van der Waals surface area contributed by atoms with Crippen molar-refractivity contribution in [2.75, 3.05) is 45.5 Å². The summed E-state index contributed by atoms with van der Waals surface area (Å²) in [5.41, 5.74) is 9.53. The van der Waals surface area contributed by atoms with Crippen LogP contribution in [0, 0.1) is 6.92 Å². The van der Waals surface area contributed by atoms with Gasteiger partial charge >= 0.3 is 0 Å². The van der Waals surface area contributed by atoms with Crippen LogP contribution >= 0.6 is 0 Å². The largest absolute Gasteiger partial charge is 0.399 e. The number of hydrogen-bond acceptors (Lipinski definition) is 3. The van der Waals surface area contributed by atoms with E-state index >= 15 is 0 Å². The second kappa shape index (κ2) is 5.52. The second-order valence-electron chi connectivity index (χ2n) is 5.10. The molecular formula is C14H23N3. The van der Waals surface area contributed by atoms with Gasteiger partial charge in [0, 0.05) is 38.4 Å². The van der Waals surface area contributed by atoms with Crippen molar-refractivity contribution >= 4 is 5.69 Å². The third-order valence-electron chi connectivity index (χ3n) is 3.59. The third-order valence-corrected chi connectivity index (χ3v) is 3.59. The summed E-state index contributed by atoms with van der Waals surface area (Å²) >= 11 is 0. The fraction of sp³-hybridized carbons (Fsp3) is 0.571. The molecule has 0 bridgehead atoms. The second-order valence-corrected chi connectivity index (χ2v) is 5.10. The molecule has 0 atom stereocenters. The Morgan fingerprint density at radius 3 is 2.59 bits per heavy atom. The summed E-state index contributed by atoms with van der Waals surface area (Å²) in [4.78, 5) is 4.92. The van der Waals surface area contributed by atoms with E-state index in [4.69, 9.17) is 5.73 Å². The van der Waals surface area contributed by atoms with E-state index in [2.05, 4.69) is 35.9 Å². The molecule has 1 aliphatic heterocycles. The highest BCUT2D eigenvalue weighted by atomic mass is 15.2. The molecule has 1 aromatic rings. The molecular weight excluding hydrogens is 210 g/mol. The molecule has 3 heteroatoms. The van der Waals surface area contributed by atoms with Gasteiger partial charge < -0.3 is 15.5 Å². The summed E-state index contributed by atoms with van der Waals surface area (Å²) in [6.07, 6.45) is 1.07. The predicted octanol–water partition coefficient (Wildman–Crippen LogP) is 1.37. The van der Waals surface area contributed by atoms with Crippen molar-refractivity contribution in [3.8, 4) is 0 Å². The van der Waals surface area contributed by atoms with E-state index in [1.807, 2.05) is 6.07 Å². The minimum Gasteiger partial charge on any atom is -0.399 e.